The number of benzene rings is 2. The molecule has 0 atom stereocenters. The Morgan fingerprint density at radius 3 is 2.87 bits per heavy atom. The van der Waals surface area contributed by atoms with Crippen LogP contribution in [-0.2, 0) is 17.8 Å². The van der Waals surface area contributed by atoms with Crippen molar-refractivity contribution in [1.29, 1.82) is 0 Å². The first-order valence-electron chi connectivity index (χ1n) is 9.49. The Balaban J connectivity index is 1.54. The zero-order valence-corrected chi connectivity index (χ0v) is 17.3. The van der Waals surface area contributed by atoms with Crippen molar-refractivity contribution in [2.75, 3.05) is 7.11 Å². The standard InChI is InChI=1S/C21H20ClN5O3/c1-3-5-18-20(25-26-27(18)14-7-4-6-13(22)10-14)21(28)30-12-19-23-16-9-8-15(29-2)11-17(16)24-19/h4,6-11H,3,5,12H2,1-2H3,(H,23,24). The first-order valence-corrected chi connectivity index (χ1v) is 9.87. The average Bonchev–Trinajstić information content (AvgIpc) is 3.35. The van der Waals surface area contributed by atoms with Gasteiger partial charge in [-0.05, 0) is 36.8 Å². The molecule has 1 N–H and O–H groups in total. The van der Waals surface area contributed by atoms with E-state index in [4.69, 9.17) is 21.1 Å². The van der Waals surface area contributed by atoms with Crippen molar-refractivity contribution >= 4 is 28.6 Å². The normalized spacial score (nSPS) is 11.0. The summed E-state index contributed by atoms with van der Waals surface area (Å²) >= 11 is 6.09. The van der Waals surface area contributed by atoms with E-state index in [1.165, 1.54) is 0 Å². The van der Waals surface area contributed by atoms with E-state index >= 15 is 0 Å². The third-order valence-electron chi connectivity index (χ3n) is 4.57. The summed E-state index contributed by atoms with van der Waals surface area (Å²) < 4.78 is 12.3. The highest BCUT2D eigenvalue weighted by Crippen LogP contribution is 2.21. The smallest absolute Gasteiger partial charge is 0.361 e. The van der Waals surface area contributed by atoms with Gasteiger partial charge in [0, 0.05) is 11.1 Å². The number of esters is 1. The summed E-state index contributed by atoms with van der Waals surface area (Å²) in [5, 5.41) is 8.79. The van der Waals surface area contributed by atoms with Crippen LogP contribution in [0.1, 0.15) is 35.4 Å². The fourth-order valence-corrected chi connectivity index (χ4v) is 3.36. The lowest BCUT2D eigenvalue weighted by Crippen LogP contribution is -2.11. The molecule has 0 spiro atoms. The van der Waals surface area contributed by atoms with Crippen LogP contribution in [-0.4, -0.2) is 38.0 Å². The Kier molecular flexibility index (Phi) is 5.67. The van der Waals surface area contributed by atoms with Gasteiger partial charge in [0.25, 0.3) is 0 Å². The Labute approximate surface area is 177 Å². The first kappa shape index (κ1) is 19.9. The van der Waals surface area contributed by atoms with Crippen LogP contribution in [0.5, 0.6) is 5.75 Å². The second kappa shape index (κ2) is 8.54. The zero-order chi connectivity index (χ0) is 21.1. The largest absolute Gasteiger partial charge is 0.497 e. The minimum Gasteiger partial charge on any atom is -0.497 e. The summed E-state index contributed by atoms with van der Waals surface area (Å²) in [7, 11) is 1.60. The summed E-state index contributed by atoms with van der Waals surface area (Å²) in [6, 6.07) is 12.7. The molecule has 30 heavy (non-hydrogen) atoms. The molecule has 2 aromatic heterocycles. The fourth-order valence-electron chi connectivity index (χ4n) is 3.18. The maximum atomic E-state index is 12.7. The quantitative estimate of drug-likeness (QED) is 0.447. The molecule has 8 nitrogen and oxygen atoms in total. The summed E-state index contributed by atoms with van der Waals surface area (Å²) in [6.07, 6.45) is 1.44. The van der Waals surface area contributed by atoms with E-state index in [1.54, 1.807) is 23.9 Å². The molecule has 9 heteroatoms. The van der Waals surface area contributed by atoms with Crippen LogP contribution in [0.25, 0.3) is 16.7 Å². The summed E-state index contributed by atoms with van der Waals surface area (Å²) in [5.41, 5.74) is 3.18. The van der Waals surface area contributed by atoms with Crippen LogP contribution in [0, 0.1) is 0 Å². The lowest BCUT2D eigenvalue weighted by Gasteiger charge is -2.07. The average molecular weight is 426 g/mol. The van der Waals surface area contributed by atoms with Gasteiger partial charge in [-0.3, -0.25) is 0 Å². The molecular weight excluding hydrogens is 406 g/mol. The van der Waals surface area contributed by atoms with E-state index in [0.717, 1.165) is 28.9 Å². The van der Waals surface area contributed by atoms with Crippen molar-refractivity contribution in [3.63, 3.8) is 0 Å². The summed E-state index contributed by atoms with van der Waals surface area (Å²) in [5.74, 6) is 0.701. The van der Waals surface area contributed by atoms with Crippen LogP contribution in [0.4, 0.5) is 0 Å². The van der Waals surface area contributed by atoms with Gasteiger partial charge in [-0.25, -0.2) is 14.5 Å². The number of H-pyrrole nitrogens is 1. The third-order valence-corrected chi connectivity index (χ3v) is 4.81. The monoisotopic (exact) mass is 425 g/mol. The van der Waals surface area contributed by atoms with E-state index in [0.29, 0.717) is 23.0 Å². The lowest BCUT2D eigenvalue weighted by molar-refractivity contribution is 0.0455. The van der Waals surface area contributed by atoms with Crippen LogP contribution in [0.2, 0.25) is 5.02 Å². The number of nitrogens with zero attached hydrogens (tertiary/aromatic N) is 4. The Morgan fingerprint density at radius 2 is 2.10 bits per heavy atom. The molecule has 0 aliphatic heterocycles. The van der Waals surface area contributed by atoms with Crippen molar-refractivity contribution in [2.45, 2.75) is 26.4 Å². The molecule has 4 rings (SSSR count). The van der Waals surface area contributed by atoms with E-state index in [1.807, 2.05) is 37.3 Å². The van der Waals surface area contributed by atoms with Gasteiger partial charge in [-0.1, -0.05) is 36.2 Å². The van der Waals surface area contributed by atoms with E-state index < -0.39 is 5.97 Å². The molecular formula is C21H20ClN5O3. The molecule has 0 saturated heterocycles. The number of carbonyl (C=O) groups excluding carboxylic acids is 1. The van der Waals surface area contributed by atoms with Crippen molar-refractivity contribution < 1.29 is 14.3 Å². The maximum absolute atomic E-state index is 12.7. The van der Waals surface area contributed by atoms with Crippen molar-refractivity contribution in [2.24, 2.45) is 0 Å². The second-order valence-electron chi connectivity index (χ2n) is 6.67. The number of aromatic amines is 1. The fraction of sp³-hybridized carbons (Fsp3) is 0.238. The molecule has 0 unspecified atom stereocenters. The minimum absolute atomic E-state index is 0.00851. The van der Waals surface area contributed by atoms with E-state index in [9.17, 15) is 4.79 Å². The number of fused-ring (bicyclic) bond motifs is 1. The molecule has 0 fully saturated rings. The highest BCUT2D eigenvalue weighted by Gasteiger charge is 2.22. The zero-order valence-electron chi connectivity index (χ0n) is 16.6. The number of methoxy groups -OCH3 is 1. The molecule has 0 aliphatic rings. The van der Waals surface area contributed by atoms with Gasteiger partial charge in [-0.15, -0.1) is 5.10 Å². The van der Waals surface area contributed by atoms with Gasteiger partial charge in [0.15, 0.2) is 5.69 Å². The summed E-state index contributed by atoms with van der Waals surface area (Å²) in [4.78, 5) is 20.3. The van der Waals surface area contributed by atoms with Crippen LogP contribution >= 0.6 is 11.6 Å². The third kappa shape index (κ3) is 3.99. The molecule has 2 aromatic carbocycles. The van der Waals surface area contributed by atoms with Crippen LogP contribution < -0.4 is 4.74 Å². The SMILES string of the molecule is CCCc1c(C(=O)OCc2nc3ccc(OC)cc3[nH]2)nnn1-c1cccc(Cl)c1. The Bertz CT molecular complexity index is 1200. The van der Waals surface area contributed by atoms with Gasteiger partial charge < -0.3 is 14.5 Å². The molecule has 0 amide bonds. The molecule has 4 aromatic rings. The number of ether oxygens (including phenoxy) is 2. The van der Waals surface area contributed by atoms with Crippen LogP contribution in [0.3, 0.4) is 0 Å². The maximum Gasteiger partial charge on any atom is 0.361 e. The van der Waals surface area contributed by atoms with E-state index in [-0.39, 0.29) is 12.3 Å². The lowest BCUT2D eigenvalue weighted by atomic mass is 10.2. The van der Waals surface area contributed by atoms with Crippen molar-refractivity contribution in [3.05, 3.63) is 64.7 Å². The number of aromatic nitrogens is 5. The number of imidazole rings is 1. The molecule has 154 valence electrons. The number of hydrogen-bond acceptors (Lipinski definition) is 6. The first-order chi connectivity index (χ1) is 14.6. The predicted molar refractivity (Wildman–Crippen MR) is 112 cm³/mol. The highest BCUT2D eigenvalue weighted by atomic mass is 35.5. The van der Waals surface area contributed by atoms with Gasteiger partial charge >= 0.3 is 5.97 Å². The van der Waals surface area contributed by atoms with Gasteiger partial charge in [0.2, 0.25) is 0 Å². The number of rotatable bonds is 7. The number of hydrogen-bond donors (Lipinski definition) is 1. The van der Waals surface area contributed by atoms with Crippen molar-refractivity contribution in [3.8, 4) is 11.4 Å². The van der Waals surface area contributed by atoms with Crippen LogP contribution in [0.15, 0.2) is 42.5 Å². The van der Waals surface area contributed by atoms with Gasteiger partial charge in [-0.2, -0.15) is 0 Å². The number of nitrogens with one attached hydrogen (secondary N) is 1. The topological polar surface area (TPSA) is 94.9 Å². The molecule has 0 aliphatic carbocycles. The minimum atomic E-state index is -0.551. The molecule has 0 saturated carbocycles. The number of carbonyl (C=O) groups is 1. The Hall–Kier alpha value is -3.39. The van der Waals surface area contributed by atoms with Crippen molar-refractivity contribution in [1.82, 2.24) is 25.0 Å². The Morgan fingerprint density at radius 1 is 1.23 bits per heavy atom. The predicted octanol–water partition coefficient (Wildman–Crippen LogP) is 4.12. The molecule has 0 radical (unpaired) electrons. The second-order valence-corrected chi connectivity index (χ2v) is 7.11. The summed E-state index contributed by atoms with van der Waals surface area (Å²) in [6.45, 7) is 2.01. The number of halogens is 1. The van der Waals surface area contributed by atoms with Gasteiger partial charge in [0.1, 0.15) is 18.2 Å². The van der Waals surface area contributed by atoms with E-state index in [2.05, 4.69) is 20.3 Å². The molecule has 2 heterocycles. The highest BCUT2D eigenvalue weighted by molar-refractivity contribution is 6.30. The molecule has 0 bridgehead atoms. The van der Waals surface area contributed by atoms with Gasteiger partial charge in [0.05, 0.1) is 29.5 Å².